The van der Waals surface area contributed by atoms with Gasteiger partial charge in [-0.2, -0.15) is 0 Å². The largest absolute Gasteiger partial charge is 0.345 e. The van der Waals surface area contributed by atoms with Gasteiger partial charge in [0.2, 0.25) is 0 Å². The molecule has 3 nitrogen and oxygen atoms in total. The molecule has 18 heavy (non-hydrogen) atoms. The number of rotatable bonds is 3. The third-order valence-corrected chi connectivity index (χ3v) is 3.64. The zero-order valence-corrected chi connectivity index (χ0v) is 11.6. The summed E-state index contributed by atoms with van der Waals surface area (Å²) in [5.41, 5.74) is 7.52. The molecule has 100 valence electrons. The van der Waals surface area contributed by atoms with E-state index < -0.39 is 0 Å². The van der Waals surface area contributed by atoms with E-state index in [9.17, 15) is 4.79 Å². The number of hydrogen-bond acceptors (Lipinski definition) is 2. The lowest BCUT2D eigenvalue weighted by molar-refractivity contribution is 0.0903. The Bertz CT molecular complexity index is 397. The van der Waals surface area contributed by atoms with Gasteiger partial charge in [-0.15, -0.1) is 12.4 Å². The fraction of sp³-hybridized carbons (Fsp3) is 0.500. The molecular formula is C14H21ClN2O. The number of halogens is 1. The van der Waals surface area contributed by atoms with Crippen molar-refractivity contribution in [2.75, 3.05) is 6.54 Å². The molecule has 0 atom stereocenters. The maximum Gasteiger partial charge on any atom is 0.251 e. The molecule has 0 unspecified atom stereocenters. The Morgan fingerprint density at radius 1 is 1.28 bits per heavy atom. The maximum atomic E-state index is 12.1. The number of carbonyl (C=O) groups excluding carboxylic acids is 1. The summed E-state index contributed by atoms with van der Waals surface area (Å²) < 4.78 is 0. The molecule has 1 aromatic rings. The van der Waals surface area contributed by atoms with Crippen molar-refractivity contribution in [2.45, 2.75) is 38.1 Å². The minimum Gasteiger partial charge on any atom is -0.345 e. The van der Waals surface area contributed by atoms with Gasteiger partial charge in [-0.05, 0) is 31.9 Å². The molecule has 2 rings (SSSR count). The van der Waals surface area contributed by atoms with Crippen molar-refractivity contribution in [2.24, 2.45) is 5.73 Å². The van der Waals surface area contributed by atoms with Gasteiger partial charge in [-0.3, -0.25) is 4.79 Å². The van der Waals surface area contributed by atoms with Crippen LogP contribution in [0.2, 0.25) is 0 Å². The molecule has 1 aliphatic rings. The SMILES string of the molecule is Cc1ccc(C(=O)NC2(CN)CCCC2)cc1.Cl. The second kappa shape index (κ2) is 6.21. The Kier molecular flexibility index (Phi) is 5.17. The van der Waals surface area contributed by atoms with E-state index in [1.165, 1.54) is 0 Å². The van der Waals surface area contributed by atoms with Crippen LogP contribution < -0.4 is 11.1 Å². The van der Waals surface area contributed by atoms with Crippen molar-refractivity contribution in [3.8, 4) is 0 Å². The van der Waals surface area contributed by atoms with Crippen molar-refractivity contribution in [3.63, 3.8) is 0 Å². The second-order valence-corrected chi connectivity index (χ2v) is 5.01. The van der Waals surface area contributed by atoms with E-state index in [-0.39, 0.29) is 23.9 Å². The number of aryl methyl sites for hydroxylation is 1. The molecule has 0 radical (unpaired) electrons. The zero-order valence-electron chi connectivity index (χ0n) is 10.7. The standard InChI is InChI=1S/C14H20N2O.ClH/c1-11-4-6-12(7-5-11)13(17)16-14(10-15)8-2-3-9-14;/h4-7H,2-3,8-10,15H2,1H3,(H,16,17);1H. The Hall–Kier alpha value is -1.06. The smallest absolute Gasteiger partial charge is 0.251 e. The molecule has 1 aromatic carbocycles. The normalized spacial score (nSPS) is 17.0. The lowest BCUT2D eigenvalue weighted by atomic mass is 9.97. The molecule has 0 heterocycles. The third kappa shape index (κ3) is 3.24. The van der Waals surface area contributed by atoms with Crippen LogP contribution in [-0.4, -0.2) is 18.0 Å². The van der Waals surface area contributed by atoms with E-state index in [0.717, 1.165) is 36.8 Å². The van der Waals surface area contributed by atoms with Crippen LogP contribution in [-0.2, 0) is 0 Å². The van der Waals surface area contributed by atoms with E-state index in [0.29, 0.717) is 6.54 Å². The van der Waals surface area contributed by atoms with Crippen molar-refractivity contribution >= 4 is 18.3 Å². The van der Waals surface area contributed by atoms with E-state index in [2.05, 4.69) is 5.32 Å². The summed E-state index contributed by atoms with van der Waals surface area (Å²) in [7, 11) is 0. The number of nitrogens with one attached hydrogen (secondary N) is 1. The van der Waals surface area contributed by atoms with Crippen molar-refractivity contribution < 1.29 is 4.79 Å². The number of benzene rings is 1. The molecule has 4 heteroatoms. The molecule has 3 N–H and O–H groups in total. The topological polar surface area (TPSA) is 55.1 Å². The van der Waals surface area contributed by atoms with Gasteiger partial charge in [-0.1, -0.05) is 30.5 Å². The number of carbonyl (C=O) groups is 1. The first-order chi connectivity index (χ1) is 8.15. The average Bonchev–Trinajstić information content (AvgIpc) is 2.79. The van der Waals surface area contributed by atoms with Gasteiger partial charge in [0, 0.05) is 12.1 Å². The van der Waals surface area contributed by atoms with Crippen LogP contribution in [0.1, 0.15) is 41.6 Å². The van der Waals surface area contributed by atoms with Gasteiger partial charge in [-0.25, -0.2) is 0 Å². The molecule has 1 fully saturated rings. The quantitative estimate of drug-likeness (QED) is 0.885. The molecule has 1 amide bonds. The number of amides is 1. The van der Waals surface area contributed by atoms with E-state index in [4.69, 9.17) is 5.73 Å². The summed E-state index contributed by atoms with van der Waals surface area (Å²) >= 11 is 0. The van der Waals surface area contributed by atoms with Gasteiger partial charge >= 0.3 is 0 Å². The molecular weight excluding hydrogens is 248 g/mol. The summed E-state index contributed by atoms with van der Waals surface area (Å²) in [5, 5.41) is 3.11. The highest BCUT2D eigenvalue weighted by atomic mass is 35.5. The summed E-state index contributed by atoms with van der Waals surface area (Å²) in [6.07, 6.45) is 4.32. The van der Waals surface area contributed by atoms with Crippen LogP contribution in [0.25, 0.3) is 0 Å². The lowest BCUT2D eigenvalue weighted by Crippen LogP contribution is -2.51. The first-order valence-corrected chi connectivity index (χ1v) is 6.24. The second-order valence-electron chi connectivity index (χ2n) is 5.01. The minimum atomic E-state index is -0.165. The molecule has 1 aliphatic carbocycles. The van der Waals surface area contributed by atoms with E-state index in [1.54, 1.807) is 0 Å². The Labute approximate surface area is 115 Å². The molecule has 0 bridgehead atoms. The first kappa shape index (κ1) is 15.0. The fourth-order valence-corrected chi connectivity index (χ4v) is 2.45. The van der Waals surface area contributed by atoms with Crippen molar-refractivity contribution in [3.05, 3.63) is 35.4 Å². The minimum absolute atomic E-state index is 0. The maximum absolute atomic E-state index is 12.1. The van der Waals surface area contributed by atoms with Crippen LogP contribution in [0, 0.1) is 6.92 Å². The van der Waals surface area contributed by atoms with Gasteiger partial charge in [0.25, 0.3) is 5.91 Å². The summed E-state index contributed by atoms with van der Waals surface area (Å²) in [6, 6.07) is 7.64. The predicted octanol–water partition coefficient (Wildman–Crippen LogP) is 2.42. The van der Waals surface area contributed by atoms with Gasteiger partial charge < -0.3 is 11.1 Å². The van der Waals surface area contributed by atoms with Crippen LogP contribution in [0.5, 0.6) is 0 Å². The molecule has 0 aliphatic heterocycles. The van der Waals surface area contributed by atoms with Crippen LogP contribution in [0.15, 0.2) is 24.3 Å². The highest BCUT2D eigenvalue weighted by molar-refractivity contribution is 5.94. The monoisotopic (exact) mass is 268 g/mol. The molecule has 1 saturated carbocycles. The molecule has 0 aromatic heterocycles. The van der Waals surface area contributed by atoms with Crippen LogP contribution in [0.3, 0.4) is 0 Å². The number of hydrogen-bond donors (Lipinski definition) is 2. The third-order valence-electron chi connectivity index (χ3n) is 3.64. The summed E-state index contributed by atoms with van der Waals surface area (Å²) in [5.74, 6) is -0.00245. The van der Waals surface area contributed by atoms with Gasteiger partial charge in [0.15, 0.2) is 0 Å². The first-order valence-electron chi connectivity index (χ1n) is 6.24. The molecule has 0 saturated heterocycles. The summed E-state index contributed by atoms with van der Waals surface area (Å²) in [6.45, 7) is 2.55. The van der Waals surface area contributed by atoms with Crippen LogP contribution in [0.4, 0.5) is 0 Å². The van der Waals surface area contributed by atoms with E-state index in [1.807, 2.05) is 31.2 Å². The van der Waals surface area contributed by atoms with Gasteiger partial charge in [0.05, 0.1) is 5.54 Å². The molecule has 0 spiro atoms. The Morgan fingerprint density at radius 2 is 1.83 bits per heavy atom. The zero-order chi connectivity index (χ0) is 12.3. The van der Waals surface area contributed by atoms with E-state index >= 15 is 0 Å². The predicted molar refractivity (Wildman–Crippen MR) is 76.1 cm³/mol. The van der Waals surface area contributed by atoms with Crippen molar-refractivity contribution in [1.82, 2.24) is 5.32 Å². The van der Waals surface area contributed by atoms with Crippen LogP contribution >= 0.6 is 12.4 Å². The van der Waals surface area contributed by atoms with Crippen molar-refractivity contribution in [1.29, 1.82) is 0 Å². The number of nitrogens with two attached hydrogens (primary N) is 1. The average molecular weight is 269 g/mol. The highest BCUT2D eigenvalue weighted by Crippen LogP contribution is 2.28. The Balaban J connectivity index is 0.00000162. The van der Waals surface area contributed by atoms with Gasteiger partial charge in [0.1, 0.15) is 0 Å². The highest BCUT2D eigenvalue weighted by Gasteiger charge is 2.33. The lowest BCUT2D eigenvalue weighted by Gasteiger charge is -2.28. The fourth-order valence-electron chi connectivity index (χ4n) is 2.45. The summed E-state index contributed by atoms with van der Waals surface area (Å²) in [4.78, 5) is 12.1. The Morgan fingerprint density at radius 3 is 2.33 bits per heavy atom.